The zero-order chi connectivity index (χ0) is 17.1. The van der Waals surface area contributed by atoms with Gasteiger partial charge in [-0.2, -0.15) is 0 Å². The van der Waals surface area contributed by atoms with Crippen molar-refractivity contribution in [2.45, 2.75) is 0 Å². The standard InChI is InChI=1S/C18H15ClN2O3/c1-23-15-9-12-8-13(17(21-22)11-6-4-3-5-7-11)18(19)20-14(12)10-16(15)24-2/h3-10,22H,1-2H3/b21-17-. The van der Waals surface area contributed by atoms with Crippen molar-refractivity contribution in [1.29, 1.82) is 0 Å². The molecule has 0 bridgehead atoms. The summed E-state index contributed by atoms with van der Waals surface area (Å²) >= 11 is 6.32. The third-order valence-corrected chi connectivity index (χ3v) is 3.96. The maximum absolute atomic E-state index is 9.47. The van der Waals surface area contributed by atoms with Crippen LogP contribution in [0.25, 0.3) is 10.9 Å². The van der Waals surface area contributed by atoms with Crippen LogP contribution in [0.3, 0.4) is 0 Å². The second-order valence-corrected chi connectivity index (χ2v) is 5.40. The van der Waals surface area contributed by atoms with Crippen LogP contribution in [0.4, 0.5) is 0 Å². The molecule has 122 valence electrons. The summed E-state index contributed by atoms with van der Waals surface area (Å²) in [5.41, 5.74) is 2.28. The molecule has 0 fully saturated rings. The largest absolute Gasteiger partial charge is 0.493 e. The SMILES string of the molecule is COc1cc2cc(/C(=N\O)c3ccccc3)c(Cl)nc2cc1OC. The molecule has 0 saturated heterocycles. The number of hydrogen-bond donors (Lipinski definition) is 1. The van der Waals surface area contributed by atoms with Gasteiger partial charge < -0.3 is 14.7 Å². The minimum Gasteiger partial charge on any atom is -0.493 e. The maximum Gasteiger partial charge on any atom is 0.162 e. The first-order chi connectivity index (χ1) is 11.7. The van der Waals surface area contributed by atoms with Crippen LogP contribution in [0.15, 0.2) is 53.7 Å². The number of ether oxygens (including phenoxy) is 2. The van der Waals surface area contributed by atoms with Gasteiger partial charge in [-0.25, -0.2) is 4.98 Å². The van der Waals surface area contributed by atoms with Crippen LogP contribution in [0.5, 0.6) is 11.5 Å². The van der Waals surface area contributed by atoms with Crippen molar-refractivity contribution in [3.05, 3.63) is 64.8 Å². The summed E-state index contributed by atoms with van der Waals surface area (Å²) in [5.74, 6) is 1.16. The molecule has 1 aromatic heterocycles. The highest BCUT2D eigenvalue weighted by Gasteiger charge is 2.16. The fourth-order valence-corrected chi connectivity index (χ4v) is 2.74. The molecule has 0 saturated carbocycles. The number of pyridine rings is 1. The predicted octanol–water partition coefficient (Wildman–Crippen LogP) is 4.13. The third-order valence-electron chi connectivity index (χ3n) is 3.68. The first-order valence-electron chi connectivity index (χ1n) is 7.18. The van der Waals surface area contributed by atoms with Crippen LogP contribution in [0.2, 0.25) is 5.15 Å². The van der Waals surface area contributed by atoms with E-state index in [-0.39, 0.29) is 5.15 Å². The number of oxime groups is 1. The first-order valence-corrected chi connectivity index (χ1v) is 7.56. The van der Waals surface area contributed by atoms with Crippen molar-refractivity contribution in [1.82, 2.24) is 4.98 Å². The van der Waals surface area contributed by atoms with E-state index >= 15 is 0 Å². The lowest BCUT2D eigenvalue weighted by atomic mass is 10.0. The molecule has 0 aliphatic carbocycles. The molecule has 6 heteroatoms. The molecule has 1 heterocycles. The Hall–Kier alpha value is -2.79. The Labute approximate surface area is 144 Å². The lowest BCUT2D eigenvalue weighted by molar-refractivity contribution is 0.319. The Balaban J connectivity index is 2.20. The van der Waals surface area contributed by atoms with Crippen LogP contribution >= 0.6 is 11.6 Å². The van der Waals surface area contributed by atoms with E-state index in [1.807, 2.05) is 36.4 Å². The van der Waals surface area contributed by atoms with Crippen LogP contribution in [-0.2, 0) is 0 Å². The monoisotopic (exact) mass is 342 g/mol. The van der Waals surface area contributed by atoms with Gasteiger partial charge in [0.1, 0.15) is 10.9 Å². The average Bonchev–Trinajstić information content (AvgIpc) is 2.62. The lowest BCUT2D eigenvalue weighted by Gasteiger charge is -2.11. The molecule has 0 spiro atoms. The molecule has 3 rings (SSSR count). The van der Waals surface area contributed by atoms with E-state index in [4.69, 9.17) is 21.1 Å². The summed E-state index contributed by atoms with van der Waals surface area (Å²) in [4.78, 5) is 4.39. The fourth-order valence-electron chi connectivity index (χ4n) is 2.51. The predicted molar refractivity (Wildman–Crippen MR) is 93.7 cm³/mol. The summed E-state index contributed by atoms with van der Waals surface area (Å²) in [7, 11) is 3.13. The minimum atomic E-state index is 0.242. The van der Waals surface area contributed by atoms with Gasteiger partial charge in [0.05, 0.1) is 19.7 Å². The van der Waals surface area contributed by atoms with Gasteiger partial charge in [0.25, 0.3) is 0 Å². The Morgan fingerprint density at radius 2 is 1.71 bits per heavy atom. The van der Waals surface area contributed by atoms with Gasteiger partial charge >= 0.3 is 0 Å². The first kappa shape index (κ1) is 16.1. The second kappa shape index (κ2) is 6.76. The number of methoxy groups -OCH3 is 2. The number of aromatic nitrogens is 1. The van der Waals surface area contributed by atoms with Crippen molar-refractivity contribution >= 4 is 28.2 Å². The topological polar surface area (TPSA) is 63.9 Å². The fraction of sp³-hybridized carbons (Fsp3) is 0.111. The van der Waals surface area contributed by atoms with E-state index in [0.29, 0.717) is 28.3 Å². The van der Waals surface area contributed by atoms with Gasteiger partial charge in [0.15, 0.2) is 11.5 Å². The molecule has 0 aliphatic rings. The molecule has 3 aromatic rings. The van der Waals surface area contributed by atoms with Gasteiger partial charge in [-0.15, -0.1) is 0 Å². The summed E-state index contributed by atoms with van der Waals surface area (Å²) < 4.78 is 10.6. The smallest absolute Gasteiger partial charge is 0.162 e. The van der Waals surface area contributed by atoms with E-state index in [1.54, 1.807) is 26.4 Å². The van der Waals surface area contributed by atoms with Crippen LogP contribution in [0, 0.1) is 0 Å². The van der Waals surface area contributed by atoms with Crippen molar-refractivity contribution in [2.24, 2.45) is 5.16 Å². The Bertz CT molecular complexity index is 911. The highest BCUT2D eigenvalue weighted by molar-refractivity contribution is 6.35. The molecule has 0 aliphatic heterocycles. The number of halogens is 1. The second-order valence-electron chi connectivity index (χ2n) is 5.04. The number of nitrogens with zero attached hydrogens (tertiary/aromatic N) is 2. The zero-order valence-electron chi connectivity index (χ0n) is 13.2. The Kier molecular flexibility index (Phi) is 4.53. The lowest BCUT2D eigenvalue weighted by Crippen LogP contribution is -2.05. The summed E-state index contributed by atoms with van der Waals surface area (Å²) in [5, 5.41) is 13.9. The average molecular weight is 343 g/mol. The van der Waals surface area contributed by atoms with Crippen molar-refractivity contribution in [2.75, 3.05) is 14.2 Å². The minimum absolute atomic E-state index is 0.242. The number of rotatable bonds is 4. The molecule has 1 N–H and O–H groups in total. The van der Waals surface area contributed by atoms with Gasteiger partial charge in [0, 0.05) is 22.6 Å². The summed E-state index contributed by atoms with van der Waals surface area (Å²) in [6.45, 7) is 0. The normalized spacial score (nSPS) is 11.5. The molecule has 24 heavy (non-hydrogen) atoms. The summed E-state index contributed by atoms with van der Waals surface area (Å²) in [6, 6.07) is 14.6. The van der Waals surface area contributed by atoms with Crippen LogP contribution < -0.4 is 9.47 Å². The molecular formula is C18H15ClN2O3. The van der Waals surface area contributed by atoms with Crippen LogP contribution in [0.1, 0.15) is 11.1 Å². The number of fused-ring (bicyclic) bond motifs is 1. The quantitative estimate of drug-likeness (QED) is 0.335. The van der Waals surface area contributed by atoms with E-state index in [9.17, 15) is 5.21 Å². The Morgan fingerprint density at radius 3 is 2.33 bits per heavy atom. The molecule has 0 atom stereocenters. The number of benzene rings is 2. The van der Waals surface area contributed by atoms with E-state index in [1.165, 1.54) is 0 Å². The van der Waals surface area contributed by atoms with Crippen LogP contribution in [-0.4, -0.2) is 30.1 Å². The molecule has 5 nitrogen and oxygen atoms in total. The van der Waals surface area contributed by atoms with Gasteiger partial charge in [0.2, 0.25) is 0 Å². The van der Waals surface area contributed by atoms with Crippen molar-refractivity contribution < 1.29 is 14.7 Å². The van der Waals surface area contributed by atoms with E-state index in [0.717, 1.165) is 10.9 Å². The van der Waals surface area contributed by atoms with E-state index in [2.05, 4.69) is 10.1 Å². The maximum atomic E-state index is 9.47. The third kappa shape index (κ3) is 2.86. The number of hydrogen-bond acceptors (Lipinski definition) is 5. The van der Waals surface area contributed by atoms with E-state index < -0.39 is 0 Å². The van der Waals surface area contributed by atoms with Crippen molar-refractivity contribution in [3.8, 4) is 11.5 Å². The molecule has 0 radical (unpaired) electrons. The highest BCUT2D eigenvalue weighted by Crippen LogP contribution is 2.33. The Morgan fingerprint density at radius 1 is 1.04 bits per heavy atom. The van der Waals surface area contributed by atoms with Gasteiger partial charge in [-0.1, -0.05) is 47.1 Å². The molecular weight excluding hydrogens is 328 g/mol. The summed E-state index contributed by atoms with van der Waals surface area (Å²) in [6.07, 6.45) is 0. The van der Waals surface area contributed by atoms with Crippen molar-refractivity contribution in [3.63, 3.8) is 0 Å². The highest BCUT2D eigenvalue weighted by atomic mass is 35.5. The van der Waals surface area contributed by atoms with Gasteiger partial charge in [-0.3, -0.25) is 0 Å². The molecule has 2 aromatic carbocycles. The molecule has 0 amide bonds. The van der Waals surface area contributed by atoms with Gasteiger partial charge in [-0.05, 0) is 12.1 Å². The molecule has 0 unspecified atom stereocenters. The zero-order valence-corrected chi connectivity index (χ0v) is 13.9.